The van der Waals surface area contributed by atoms with E-state index >= 15 is 0 Å². The number of hydrogen-bond acceptors (Lipinski definition) is 5. The summed E-state index contributed by atoms with van der Waals surface area (Å²) in [4.78, 5) is 8.42. The van der Waals surface area contributed by atoms with Crippen molar-refractivity contribution in [2.45, 2.75) is 76.8 Å². The van der Waals surface area contributed by atoms with E-state index in [1.165, 1.54) is 70.9 Å². The molecule has 1 aliphatic rings. The van der Waals surface area contributed by atoms with E-state index in [2.05, 4.69) is 65.1 Å². The minimum absolute atomic E-state index is 0. The summed E-state index contributed by atoms with van der Waals surface area (Å²) in [7, 11) is 1.73. The second-order valence-corrected chi connectivity index (χ2v) is 10.8. The van der Waals surface area contributed by atoms with Gasteiger partial charge in [0.25, 0.3) is 0 Å². The van der Waals surface area contributed by atoms with Crippen LogP contribution in [0.25, 0.3) is 21.8 Å². The molecule has 0 fully saturated rings. The first kappa shape index (κ1) is 32.0. The number of methoxy groups -OCH3 is 1. The van der Waals surface area contributed by atoms with Crippen molar-refractivity contribution in [2.24, 2.45) is 5.73 Å². The summed E-state index contributed by atoms with van der Waals surface area (Å²) in [6.07, 6.45) is 12.4. The molecule has 2 aromatic heterocycles. The van der Waals surface area contributed by atoms with Gasteiger partial charge in [-0.1, -0.05) is 44.4 Å². The van der Waals surface area contributed by atoms with Crippen molar-refractivity contribution in [2.75, 3.05) is 25.5 Å². The van der Waals surface area contributed by atoms with E-state index in [0.29, 0.717) is 6.04 Å². The molecule has 40 heavy (non-hydrogen) atoms. The van der Waals surface area contributed by atoms with E-state index in [1.54, 1.807) is 7.11 Å². The van der Waals surface area contributed by atoms with Crippen molar-refractivity contribution in [1.82, 2.24) is 15.3 Å². The van der Waals surface area contributed by atoms with Crippen LogP contribution in [-0.4, -0.2) is 42.3 Å². The summed E-state index contributed by atoms with van der Waals surface area (Å²) in [5, 5.41) is 10.1. The highest BCUT2D eigenvalue weighted by Crippen LogP contribution is 2.35. The summed E-state index contributed by atoms with van der Waals surface area (Å²) >= 11 is 0. The zero-order valence-electron chi connectivity index (χ0n) is 23.8. The van der Waals surface area contributed by atoms with Gasteiger partial charge < -0.3 is 26.1 Å². The van der Waals surface area contributed by atoms with Gasteiger partial charge in [-0.2, -0.15) is 0 Å². The van der Waals surface area contributed by atoms with E-state index in [-0.39, 0.29) is 30.9 Å². The quantitative estimate of drug-likeness (QED) is 0.127. The molecule has 5 N–H and O–H groups in total. The molecular weight excluding hydrogens is 541 g/mol. The molecule has 0 bridgehead atoms. The van der Waals surface area contributed by atoms with Crippen LogP contribution in [0.3, 0.4) is 0 Å². The molecule has 6 nitrogen and oxygen atoms in total. The monoisotopic (exact) mass is 585 g/mol. The van der Waals surface area contributed by atoms with E-state index in [9.17, 15) is 0 Å². The summed E-state index contributed by atoms with van der Waals surface area (Å²) in [6, 6.07) is 15.1. The van der Waals surface area contributed by atoms with E-state index < -0.39 is 0 Å². The molecule has 0 saturated carbocycles. The third kappa shape index (κ3) is 7.61. The molecule has 8 heteroatoms. The number of rotatable bonds is 13. The number of H-pyrrole nitrogens is 1. The Morgan fingerprint density at radius 2 is 1.85 bits per heavy atom. The van der Waals surface area contributed by atoms with E-state index in [4.69, 9.17) is 15.5 Å². The molecule has 0 radical (unpaired) electrons. The van der Waals surface area contributed by atoms with Gasteiger partial charge in [-0.25, -0.2) is 0 Å². The highest BCUT2D eigenvalue weighted by molar-refractivity contribution is 5.94. The number of nitrogens with zero attached hydrogens (tertiary/aromatic N) is 1. The van der Waals surface area contributed by atoms with Gasteiger partial charge in [-0.15, -0.1) is 24.8 Å². The fourth-order valence-corrected chi connectivity index (χ4v) is 5.86. The summed E-state index contributed by atoms with van der Waals surface area (Å²) in [6.45, 7) is 3.94. The zero-order valence-corrected chi connectivity index (χ0v) is 25.4. The number of aromatic nitrogens is 2. The average Bonchev–Trinajstić information content (AvgIpc) is 3.35. The van der Waals surface area contributed by atoms with Crippen LogP contribution in [0.5, 0.6) is 5.75 Å². The van der Waals surface area contributed by atoms with Gasteiger partial charge in [0.2, 0.25) is 0 Å². The number of nitrogens with one attached hydrogen (secondary N) is 3. The van der Waals surface area contributed by atoms with Crippen LogP contribution >= 0.6 is 24.8 Å². The van der Waals surface area contributed by atoms with Crippen molar-refractivity contribution in [3.8, 4) is 5.75 Å². The number of anilines is 1. The first-order chi connectivity index (χ1) is 18.7. The summed E-state index contributed by atoms with van der Waals surface area (Å²) < 4.78 is 5.58. The lowest BCUT2D eigenvalue weighted by Gasteiger charge is -2.27. The second-order valence-electron chi connectivity index (χ2n) is 10.8. The fourth-order valence-electron chi connectivity index (χ4n) is 5.86. The van der Waals surface area contributed by atoms with Crippen LogP contribution in [0.1, 0.15) is 62.3 Å². The molecule has 2 heterocycles. The molecule has 2 unspecified atom stereocenters. The third-order valence-electron chi connectivity index (χ3n) is 7.93. The molecule has 2 aromatic carbocycles. The first-order valence-corrected chi connectivity index (χ1v) is 14.4. The lowest BCUT2D eigenvalue weighted by molar-refractivity contribution is 0.415. The number of pyridine rings is 1. The van der Waals surface area contributed by atoms with Crippen molar-refractivity contribution in [1.29, 1.82) is 0 Å². The SMILES string of the molecule is CCCCCC(CNCC(N)Cc1c[nH]c2ccccc12)Nc1c2c(nc3ccc(OC)cc13)CCCC2.Cl.Cl. The molecule has 0 amide bonds. The number of halogens is 2. The van der Waals surface area contributed by atoms with Crippen LogP contribution in [-0.2, 0) is 19.3 Å². The van der Waals surface area contributed by atoms with Gasteiger partial charge in [0.1, 0.15) is 5.75 Å². The maximum Gasteiger partial charge on any atom is 0.119 e. The predicted octanol–water partition coefficient (Wildman–Crippen LogP) is 6.97. The number of nitrogens with two attached hydrogens (primary N) is 1. The largest absolute Gasteiger partial charge is 0.497 e. The van der Waals surface area contributed by atoms with Crippen molar-refractivity contribution >= 4 is 52.3 Å². The Kier molecular flexibility index (Phi) is 12.4. The number of unbranched alkanes of at least 4 members (excludes halogenated alkanes) is 2. The van der Waals surface area contributed by atoms with Crippen molar-refractivity contribution in [3.05, 3.63) is 65.5 Å². The maximum atomic E-state index is 6.59. The van der Waals surface area contributed by atoms with Gasteiger partial charge >= 0.3 is 0 Å². The van der Waals surface area contributed by atoms with Crippen LogP contribution in [0, 0.1) is 0 Å². The normalized spacial score (nSPS) is 14.2. The number of hydrogen-bond donors (Lipinski definition) is 4. The van der Waals surface area contributed by atoms with Crippen LogP contribution < -0.4 is 21.1 Å². The van der Waals surface area contributed by atoms with Crippen LogP contribution in [0.15, 0.2) is 48.7 Å². The minimum atomic E-state index is 0. The van der Waals surface area contributed by atoms with Gasteiger partial charge in [0.15, 0.2) is 0 Å². The molecule has 2 atom stereocenters. The molecular formula is C32H45Cl2N5O. The van der Waals surface area contributed by atoms with Crippen molar-refractivity contribution < 1.29 is 4.74 Å². The van der Waals surface area contributed by atoms with Gasteiger partial charge in [-0.05, 0) is 73.9 Å². The number of aromatic amines is 1. The maximum absolute atomic E-state index is 6.59. The lowest BCUT2D eigenvalue weighted by Crippen LogP contribution is -2.41. The number of benzene rings is 2. The highest BCUT2D eigenvalue weighted by atomic mass is 35.5. The molecule has 218 valence electrons. The Balaban J connectivity index is 0.00000220. The highest BCUT2D eigenvalue weighted by Gasteiger charge is 2.21. The zero-order chi connectivity index (χ0) is 26.3. The molecule has 0 saturated heterocycles. The Bertz CT molecular complexity index is 1360. The Morgan fingerprint density at radius 3 is 2.67 bits per heavy atom. The number of aryl methyl sites for hydroxylation is 1. The number of fused-ring (bicyclic) bond motifs is 3. The molecule has 1 aliphatic carbocycles. The van der Waals surface area contributed by atoms with Gasteiger partial charge in [0.05, 0.1) is 12.6 Å². The van der Waals surface area contributed by atoms with E-state index in [1.807, 2.05) is 6.07 Å². The number of para-hydroxylation sites is 1. The Labute approximate surface area is 251 Å². The predicted molar refractivity (Wildman–Crippen MR) is 174 cm³/mol. The first-order valence-electron chi connectivity index (χ1n) is 14.4. The average molecular weight is 587 g/mol. The summed E-state index contributed by atoms with van der Waals surface area (Å²) in [5.41, 5.74) is 14.0. The number of ether oxygens (including phenoxy) is 1. The van der Waals surface area contributed by atoms with E-state index in [0.717, 1.165) is 50.0 Å². The molecule has 0 aliphatic heterocycles. The second kappa shape index (κ2) is 15.5. The van der Waals surface area contributed by atoms with Crippen LogP contribution in [0.2, 0.25) is 0 Å². The standard InChI is InChI=1S/C32H43N5O.2ClH/c1-3-4-5-10-24(21-34-20-23(33)17-22-19-35-29-13-8-6-11-26(22)29)36-32-27-12-7-9-14-30(27)37-31-16-15-25(38-2)18-28(31)32;;/h6,8,11,13,15-16,18-19,23-24,34-35H,3-5,7,9-10,12,14,17,20-21,33H2,1-2H3,(H,36,37);2*1H. The molecule has 4 aromatic rings. The Hall–Kier alpha value is -2.51. The smallest absolute Gasteiger partial charge is 0.119 e. The molecule has 0 spiro atoms. The molecule has 5 rings (SSSR count). The Morgan fingerprint density at radius 1 is 1.02 bits per heavy atom. The van der Waals surface area contributed by atoms with Crippen molar-refractivity contribution in [3.63, 3.8) is 0 Å². The topological polar surface area (TPSA) is 88.0 Å². The third-order valence-corrected chi connectivity index (χ3v) is 7.93. The van der Waals surface area contributed by atoms with Crippen LogP contribution in [0.4, 0.5) is 5.69 Å². The summed E-state index contributed by atoms with van der Waals surface area (Å²) in [5.74, 6) is 0.877. The minimum Gasteiger partial charge on any atom is -0.497 e. The lowest BCUT2D eigenvalue weighted by atomic mass is 9.92. The fraction of sp³-hybridized carbons (Fsp3) is 0.469. The van der Waals surface area contributed by atoms with Gasteiger partial charge in [-0.3, -0.25) is 4.98 Å². The van der Waals surface area contributed by atoms with Gasteiger partial charge in [0, 0.05) is 59.0 Å².